The standard InChI is InChI=1S/C16H20N2O/c1-3-4-5-6-16(19)17-12-13-7-8-15-14(11-13)9-10-18(15)2/h3-8,11H,9-10,12H2,1-2H3,(H,17,19)/b4-3+,6-5+. The number of nitrogens with zero attached hydrogens (tertiary/aromatic N) is 1. The number of rotatable bonds is 4. The number of hydrogen-bond acceptors (Lipinski definition) is 2. The molecule has 3 nitrogen and oxygen atoms in total. The molecule has 1 N–H and O–H groups in total. The molecule has 2 rings (SSSR count). The van der Waals surface area contributed by atoms with Crippen LogP contribution < -0.4 is 10.2 Å². The van der Waals surface area contributed by atoms with Crippen molar-refractivity contribution in [3.8, 4) is 0 Å². The summed E-state index contributed by atoms with van der Waals surface area (Å²) >= 11 is 0. The Kier molecular flexibility index (Phi) is 4.39. The number of fused-ring (bicyclic) bond motifs is 1. The molecular formula is C16H20N2O. The van der Waals surface area contributed by atoms with Crippen LogP contribution in [0.3, 0.4) is 0 Å². The van der Waals surface area contributed by atoms with Crippen molar-refractivity contribution >= 4 is 11.6 Å². The van der Waals surface area contributed by atoms with Gasteiger partial charge in [0.25, 0.3) is 0 Å². The predicted molar refractivity (Wildman–Crippen MR) is 79.2 cm³/mol. The molecule has 19 heavy (non-hydrogen) atoms. The summed E-state index contributed by atoms with van der Waals surface area (Å²) in [5.74, 6) is -0.0595. The molecule has 1 aromatic rings. The minimum absolute atomic E-state index is 0.0595. The molecule has 0 spiro atoms. The molecular weight excluding hydrogens is 236 g/mol. The number of likely N-dealkylation sites (N-methyl/N-ethyl adjacent to an activating group) is 1. The van der Waals surface area contributed by atoms with Crippen LogP contribution in [0, 0.1) is 0 Å². The molecule has 1 aromatic carbocycles. The lowest BCUT2D eigenvalue weighted by Gasteiger charge is -2.12. The van der Waals surface area contributed by atoms with E-state index >= 15 is 0 Å². The third-order valence-electron chi connectivity index (χ3n) is 3.29. The molecule has 0 saturated carbocycles. The van der Waals surface area contributed by atoms with Crippen LogP contribution in [0.15, 0.2) is 42.5 Å². The normalized spacial score (nSPS) is 14.3. The van der Waals surface area contributed by atoms with Crippen LogP contribution >= 0.6 is 0 Å². The Hall–Kier alpha value is -2.03. The zero-order valence-electron chi connectivity index (χ0n) is 11.5. The van der Waals surface area contributed by atoms with Crippen molar-refractivity contribution in [2.75, 3.05) is 18.5 Å². The lowest BCUT2D eigenvalue weighted by Crippen LogP contribution is -2.20. The second kappa shape index (κ2) is 6.23. The third kappa shape index (κ3) is 3.47. The number of anilines is 1. The Morgan fingerprint density at radius 3 is 3.05 bits per heavy atom. The van der Waals surface area contributed by atoms with Gasteiger partial charge in [0.1, 0.15) is 0 Å². The van der Waals surface area contributed by atoms with Gasteiger partial charge in [0.2, 0.25) is 5.91 Å². The number of hydrogen-bond donors (Lipinski definition) is 1. The Morgan fingerprint density at radius 2 is 2.26 bits per heavy atom. The first-order valence-corrected chi connectivity index (χ1v) is 6.61. The molecule has 0 unspecified atom stereocenters. The van der Waals surface area contributed by atoms with Crippen molar-refractivity contribution in [2.24, 2.45) is 0 Å². The van der Waals surface area contributed by atoms with Gasteiger partial charge in [-0.15, -0.1) is 0 Å². The minimum atomic E-state index is -0.0595. The fourth-order valence-corrected chi connectivity index (χ4v) is 2.23. The molecule has 0 aliphatic carbocycles. The van der Waals surface area contributed by atoms with Gasteiger partial charge < -0.3 is 10.2 Å². The Balaban J connectivity index is 1.92. The van der Waals surface area contributed by atoms with Crippen molar-refractivity contribution in [1.82, 2.24) is 5.32 Å². The van der Waals surface area contributed by atoms with Gasteiger partial charge in [-0.2, -0.15) is 0 Å². The first kappa shape index (κ1) is 13.4. The summed E-state index contributed by atoms with van der Waals surface area (Å²) < 4.78 is 0. The van der Waals surface area contributed by atoms with Gasteiger partial charge in [-0.3, -0.25) is 4.79 Å². The zero-order chi connectivity index (χ0) is 13.7. The van der Waals surface area contributed by atoms with Crippen LogP contribution in [0.4, 0.5) is 5.69 Å². The smallest absolute Gasteiger partial charge is 0.244 e. The van der Waals surface area contributed by atoms with E-state index in [1.165, 1.54) is 11.3 Å². The molecule has 1 heterocycles. The highest BCUT2D eigenvalue weighted by molar-refractivity contribution is 5.87. The zero-order valence-corrected chi connectivity index (χ0v) is 11.5. The van der Waals surface area contributed by atoms with Crippen molar-refractivity contribution in [2.45, 2.75) is 19.9 Å². The first-order chi connectivity index (χ1) is 9.20. The monoisotopic (exact) mass is 256 g/mol. The Bertz CT molecular complexity index is 517. The molecule has 1 aliphatic rings. The van der Waals surface area contributed by atoms with Gasteiger partial charge in [-0.1, -0.05) is 30.4 Å². The lowest BCUT2D eigenvalue weighted by atomic mass is 10.1. The van der Waals surface area contributed by atoms with E-state index in [0.29, 0.717) is 6.54 Å². The number of benzene rings is 1. The quantitative estimate of drug-likeness (QED) is 0.663. The van der Waals surface area contributed by atoms with Crippen molar-refractivity contribution < 1.29 is 4.79 Å². The molecule has 0 fully saturated rings. The fraction of sp³-hybridized carbons (Fsp3) is 0.312. The summed E-state index contributed by atoms with van der Waals surface area (Å²) in [4.78, 5) is 13.8. The van der Waals surface area contributed by atoms with E-state index < -0.39 is 0 Å². The number of carbonyl (C=O) groups is 1. The van der Waals surface area contributed by atoms with E-state index in [2.05, 4.69) is 35.5 Å². The molecule has 0 atom stereocenters. The summed E-state index contributed by atoms with van der Waals surface area (Å²) in [6, 6.07) is 6.41. The van der Waals surface area contributed by atoms with Gasteiger partial charge in [0.05, 0.1) is 0 Å². The SMILES string of the molecule is C/C=C/C=C/C(=O)NCc1ccc2c(c1)CCN2C. The van der Waals surface area contributed by atoms with Crippen molar-refractivity contribution in [1.29, 1.82) is 0 Å². The van der Waals surface area contributed by atoms with Crippen LogP contribution in [-0.4, -0.2) is 19.5 Å². The summed E-state index contributed by atoms with van der Waals surface area (Å²) in [6.07, 6.45) is 8.11. The topological polar surface area (TPSA) is 32.3 Å². The molecule has 0 bridgehead atoms. The lowest BCUT2D eigenvalue weighted by molar-refractivity contribution is -0.116. The Labute approximate surface area is 114 Å². The number of allylic oxidation sites excluding steroid dienone is 3. The van der Waals surface area contributed by atoms with Gasteiger partial charge in [0, 0.05) is 31.9 Å². The maximum absolute atomic E-state index is 11.5. The summed E-state index contributed by atoms with van der Waals surface area (Å²) in [7, 11) is 2.11. The Morgan fingerprint density at radius 1 is 1.42 bits per heavy atom. The van der Waals surface area contributed by atoms with E-state index in [9.17, 15) is 4.79 Å². The van der Waals surface area contributed by atoms with Gasteiger partial charge in [-0.25, -0.2) is 0 Å². The highest BCUT2D eigenvalue weighted by Crippen LogP contribution is 2.27. The van der Waals surface area contributed by atoms with E-state index in [1.54, 1.807) is 12.2 Å². The first-order valence-electron chi connectivity index (χ1n) is 6.61. The molecule has 3 heteroatoms. The van der Waals surface area contributed by atoms with Gasteiger partial charge in [-0.05, 0) is 30.5 Å². The van der Waals surface area contributed by atoms with Crippen LogP contribution in [0.2, 0.25) is 0 Å². The van der Waals surface area contributed by atoms with E-state index in [4.69, 9.17) is 0 Å². The summed E-state index contributed by atoms with van der Waals surface area (Å²) in [5, 5.41) is 2.89. The maximum atomic E-state index is 11.5. The number of carbonyl (C=O) groups excluding carboxylic acids is 1. The highest BCUT2D eigenvalue weighted by Gasteiger charge is 2.15. The van der Waals surface area contributed by atoms with Crippen molar-refractivity contribution in [3.63, 3.8) is 0 Å². The molecule has 1 amide bonds. The summed E-state index contributed by atoms with van der Waals surface area (Å²) in [6.45, 7) is 3.58. The number of nitrogens with one attached hydrogen (secondary N) is 1. The van der Waals surface area contributed by atoms with Gasteiger partial charge >= 0.3 is 0 Å². The van der Waals surface area contributed by atoms with E-state index in [0.717, 1.165) is 18.5 Å². The van der Waals surface area contributed by atoms with Crippen LogP contribution in [-0.2, 0) is 17.8 Å². The predicted octanol–water partition coefficient (Wildman–Crippen LogP) is 2.43. The second-order valence-corrected chi connectivity index (χ2v) is 4.74. The third-order valence-corrected chi connectivity index (χ3v) is 3.29. The molecule has 100 valence electrons. The summed E-state index contributed by atoms with van der Waals surface area (Å²) in [5.41, 5.74) is 3.84. The average molecular weight is 256 g/mol. The van der Waals surface area contributed by atoms with Crippen LogP contribution in [0.25, 0.3) is 0 Å². The van der Waals surface area contributed by atoms with Gasteiger partial charge in [0.15, 0.2) is 0 Å². The number of amides is 1. The van der Waals surface area contributed by atoms with Crippen LogP contribution in [0.1, 0.15) is 18.1 Å². The highest BCUT2D eigenvalue weighted by atomic mass is 16.1. The largest absolute Gasteiger partial charge is 0.374 e. The molecule has 1 aliphatic heterocycles. The van der Waals surface area contributed by atoms with Crippen LogP contribution in [0.5, 0.6) is 0 Å². The average Bonchev–Trinajstić information content (AvgIpc) is 2.78. The van der Waals surface area contributed by atoms with E-state index in [1.807, 2.05) is 19.1 Å². The molecule has 0 radical (unpaired) electrons. The van der Waals surface area contributed by atoms with Crippen molar-refractivity contribution in [3.05, 3.63) is 53.6 Å². The second-order valence-electron chi connectivity index (χ2n) is 4.74. The fourth-order valence-electron chi connectivity index (χ4n) is 2.23. The molecule has 0 saturated heterocycles. The van der Waals surface area contributed by atoms with E-state index in [-0.39, 0.29) is 5.91 Å². The minimum Gasteiger partial charge on any atom is -0.374 e. The maximum Gasteiger partial charge on any atom is 0.244 e. The molecule has 0 aromatic heterocycles.